The van der Waals surface area contributed by atoms with Crippen molar-refractivity contribution in [3.8, 4) is 5.75 Å². The lowest BCUT2D eigenvalue weighted by atomic mass is 10.2. The van der Waals surface area contributed by atoms with Crippen LogP contribution in [0.3, 0.4) is 0 Å². The van der Waals surface area contributed by atoms with Crippen LogP contribution in [0, 0.1) is 0 Å². The third-order valence-corrected chi connectivity index (χ3v) is 6.78. The minimum absolute atomic E-state index is 0.422. The van der Waals surface area contributed by atoms with Gasteiger partial charge in [0, 0.05) is 26.2 Å². The van der Waals surface area contributed by atoms with Gasteiger partial charge in [0.25, 0.3) is 0 Å². The first kappa shape index (κ1) is 19.9. The largest absolute Gasteiger partial charge is 0.494 e. The van der Waals surface area contributed by atoms with E-state index in [9.17, 15) is 8.42 Å². The normalized spacial score (nSPS) is 15.6. The zero-order valence-electron chi connectivity index (χ0n) is 15.9. The van der Waals surface area contributed by atoms with Gasteiger partial charge in [-0.05, 0) is 49.1 Å². The highest BCUT2D eigenvalue weighted by atomic mass is 32.2. The molecule has 0 radical (unpaired) electrons. The number of hydrogen-bond donors (Lipinski definition) is 1. The van der Waals surface area contributed by atoms with Crippen LogP contribution in [0.4, 0.5) is 0 Å². The van der Waals surface area contributed by atoms with Crippen molar-refractivity contribution >= 4 is 10.0 Å². The van der Waals surface area contributed by atoms with Crippen molar-refractivity contribution < 1.29 is 13.2 Å². The number of rotatable bonds is 8. The van der Waals surface area contributed by atoms with Crippen LogP contribution in [0.15, 0.2) is 53.4 Å². The van der Waals surface area contributed by atoms with E-state index in [1.807, 2.05) is 43.3 Å². The molecule has 0 bridgehead atoms. The monoisotopic (exact) mass is 388 g/mol. The van der Waals surface area contributed by atoms with E-state index < -0.39 is 10.0 Å². The lowest BCUT2D eigenvalue weighted by Gasteiger charge is -2.26. The van der Waals surface area contributed by atoms with Crippen molar-refractivity contribution in [3.05, 3.63) is 59.7 Å². The van der Waals surface area contributed by atoms with Gasteiger partial charge in [0.2, 0.25) is 10.0 Å². The van der Waals surface area contributed by atoms with Gasteiger partial charge in [-0.25, -0.2) is 8.42 Å². The maximum atomic E-state index is 13.0. The molecule has 2 aromatic rings. The second-order valence-electron chi connectivity index (χ2n) is 6.75. The van der Waals surface area contributed by atoms with Crippen molar-refractivity contribution in [1.82, 2.24) is 9.62 Å². The standard InChI is InChI=1S/C21H28N2O3S/c1-2-26-20-12-10-18(11-13-20)16-22-17-19-8-4-5-9-21(19)27(24,25)23-14-6-3-7-15-23/h4-5,8-13,22H,2-3,6-7,14-17H2,1H3. The zero-order chi connectivity index (χ0) is 19.1. The number of sulfonamides is 1. The molecule has 146 valence electrons. The number of benzene rings is 2. The SMILES string of the molecule is CCOc1ccc(CNCc2ccccc2S(=O)(=O)N2CCCCC2)cc1. The fourth-order valence-corrected chi connectivity index (χ4v) is 5.10. The Morgan fingerprint density at radius 2 is 1.67 bits per heavy atom. The van der Waals surface area contributed by atoms with Crippen LogP contribution < -0.4 is 10.1 Å². The number of nitrogens with zero attached hydrogens (tertiary/aromatic N) is 1. The molecular weight excluding hydrogens is 360 g/mol. The Hall–Kier alpha value is -1.89. The van der Waals surface area contributed by atoms with Crippen LogP contribution in [0.1, 0.15) is 37.3 Å². The van der Waals surface area contributed by atoms with Crippen LogP contribution >= 0.6 is 0 Å². The predicted molar refractivity (Wildman–Crippen MR) is 107 cm³/mol. The topological polar surface area (TPSA) is 58.6 Å². The molecule has 27 heavy (non-hydrogen) atoms. The quantitative estimate of drug-likeness (QED) is 0.751. The van der Waals surface area contributed by atoms with Crippen molar-refractivity contribution in [2.75, 3.05) is 19.7 Å². The third-order valence-electron chi connectivity index (χ3n) is 4.78. The van der Waals surface area contributed by atoms with Gasteiger partial charge < -0.3 is 10.1 Å². The van der Waals surface area contributed by atoms with E-state index in [0.717, 1.165) is 36.1 Å². The van der Waals surface area contributed by atoms with E-state index in [1.165, 1.54) is 0 Å². The summed E-state index contributed by atoms with van der Waals surface area (Å²) in [4.78, 5) is 0.422. The van der Waals surface area contributed by atoms with Gasteiger partial charge in [-0.15, -0.1) is 0 Å². The van der Waals surface area contributed by atoms with E-state index in [-0.39, 0.29) is 0 Å². The van der Waals surface area contributed by atoms with E-state index in [4.69, 9.17) is 4.74 Å². The summed E-state index contributed by atoms with van der Waals surface area (Å²) in [6, 6.07) is 15.3. The van der Waals surface area contributed by atoms with Gasteiger partial charge in [0.1, 0.15) is 5.75 Å². The van der Waals surface area contributed by atoms with E-state index in [1.54, 1.807) is 16.4 Å². The maximum Gasteiger partial charge on any atom is 0.243 e. The van der Waals surface area contributed by atoms with Gasteiger partial charge in [-0.2, -0.15) is 4.31 Å². The second kappa shape index (κ2) is 9.35. The number of ether oxygens (including phenoxy) is 1. The third kappa shape index (κ3) is 5.09. The first-order chi connectivity index (χ1) is 13.1. The fraction of sp³-hybridized carbons (Fsp3) is 0.429. The van der Waals surface area contributed by atoms with Crippen LogP contribution in [-0.2, 0) is 23.1 Å². The first-order valence-electron chi connectivity index (χ1n) is 9.62. The molecule has 0 atom stereocenters. The van der Waals surface area contributed by atoms with Gasteiger partial charge in [-0.3, -0.25) is 0 Å². The second-order valence-corrected chi connectivity index (χ2v) is 8.66. The summed E-state index contributed by atoms with van der Waals surface area (Å²) in [6.45, 7) is 5.04. The molecule has 1 N–H and O–H groups in total. The number of hydrogen-bond acceptors (Lipinski definition) is 4. The van der Waals surface area contributed by atoms with E-state index in [2.05, 4.69) is 5.32 Å². The highest BCUT2D eigenvalue weighted by Gasteiger charge is 2.27. The lowest BCUT2D eigenvalue weighted by Crippen LogP contribution is -2.36. The molecular formula is C21H28N2O3S. The zero-order valence-corrected chi connectivity index (χ0v) is 16.7. The van der Waals surface area contributed by atoms with Crippen LogP contribution in [0.5, 0.6) is 5.75 Å². The fourth-order valence-electron chi connectivity index (χ4n) is 3.36. The molecule has 3 rings (SSSR count). The van der Waals surface area contributed by atoms with Gasteiger partial charge >= 0.3 is 0 Å². The molecule has 2 aromatic carbocycles. The van der Waals surface area contributed by atoms with Gasteiger partial charge in [0.15, 0.2) is 0 Å². The molecule has 1 aliphatic heterocycles. The Balaban J connectivity index is 1.65. The molecule has 0 spiro atoms. The lowest BCUT2D eigenvalue weighted by molar-refractivity contribution is 0.340. The summed E-state index contributed by atoms with van der Waals surface area (Å²) in [5.74, 6) is 0.860. The molecule has 0 aromatic heterocycles. The Kier molecular flexibility index (Phi) is 6.88. The predicted octanol–water partition coefficient (Wildman–Crippen LogP) is 3.55. The molecule has 0 aliphatic carbocycles. The minimum atomic E-state index is -3.42. The van der Waals surface area contributed by atoms with Crippen LogP contribution in [0.2, 0.25) is 0 Å². The van der Waals surface area contributed by atoms with Crippen LogP contribution in [-0.4, -0.2) is 32.4 Å². The van der Waals surface area contributed by atoms with Gasteiger partial charge in [-0.1, -0.05) is 36.8 Å². The molecule has 1 saturated heterocycles. The Bertz CT molecular complexity index is 829. The number of piperidine rings is 1. The van der Waals surface area contributed by atoms with Crippen molar-refractivity contribution in [1.29, 1.82) is 0 Å². The van der Waals surface area contributed by atoms with Crippen LogP contribution in [0.25, 0.3) is 0 Å². The summed E-state index contributed by atoms with van der Waals surface area (Å²) in [6.07, 6.45) is 2.99. The van der Waals surface area contributed by atoms with Crippen molar-refractivity contribution in [3.63, 3.8) is 0 Å². The summed E-state index contributed by atoms with van der Waals surface area (Å²) in [5.41, 5.74) is 1.95. The average molecular weight is 389 g/mol. The highest BCUT2D eigenvalue weighted by molar-refractivity contribution is 7.89. The Labute approximate surface area is 162 Å². The van der Waals surface area contributed by atoms with E-state index in [0.29, 0.717) is 37.7 Å². The summed E-state index contributed by atoms with van der Waals surface area (Å²) >= 11 is 0. The van der Waals surface area contributed by atoms with E-state index >= 15 is 0 Å². The molecule has 6 heteroatoms. The summed E-state index contributed by atoms with van der Waals surface area (Å²) in [5, 5.41) is 3.36. The minimum Gasteiger partial charge on any atom is -0.494 e. The van der Waals surface area contributed by atoms with Gasteiger partial charge in [0.05, 0.1) is 11.5 Å². The molecule has 1 fully saturated rings. The summed E-state index contributed by atoms with van der Waals surface area (Å²) < 4.78 is 33.1. The molecule has 5 nitrogen and oxygen atoms in total. The average Bonchev–Trinajstić information content (AvgIpc) is 2.70. The van der Waals surface area contributed by atoms with Crippen molar-refractivity contribution in [2.45, 2.75) is 44.2 Å². The first-order valence-corrected chi connectivity index (χ1v) is 11.1. The molecule has 0 amide bonds. The Morgan fingerprint density at radius 1 is 0.963 bits per heavy atom. The van der Waals surface area contributed by atoms with Crippen molar-refractivity contribution in [2.24, 2.45) is 0 Å². The summed E-state index contributed by atoms with van der Waals surface area (Å²) in [7, 11) is -3.42. The molecule has 1 heterocycles. The molecule has 0 unspecified atom stereocenters. The number of nitrogens with one attached hydrogen (secondary N) is 1. The molecule has 1 aliphatic rings. The maximum absolute atomic E-state index is 13.0. The Morgan fingerprint density at radius 3 is 2.37 bits per heavy atom. The highest BCUT2D eigenvalue weighted by Crippen LogP contribution is 2.23. The molecule has 0 saturated carbocycles. The smallest absolute Gasteiger partial charge is 0.243 e.